The first-order chi connectivity index (χ1) is 11.0. The van der Waals surface area contributed by atoms with Crippen LogP contribution in [0.1, 0.15) is 42.0 Å². The molecule has 0 aliphatic rings. The van der Waals surface area contributed by atoms with Crippen LogP contribution in [0.5, 0.6) is 0 Å². The molecule has 0 saturated carbocycles. The quantitative estimate of drug-likeness (QED) is 0.852. The van der Waals surface area contributed by atoms with E-state index < -0.39 is 0 Å². The van der Waals surface area contributed by atoms with Gasteiger partial charge >= 0.3 is 0 Å². The summed E-state index contributed by atoms with van der Waals surface area (Å²) in [6, 6.07) is 8.07. The van der Waals surface area contributed by atoms with E-state index in [1.165, 1.54) is 0 Å². The van der Waals surface area contributed by atoms with Gasteiger partial charge in [0.05, 0.1) is 24.8 Å². The molecule has 2 aromatic rings. The van der Waals surface area contributed by atoms with E-state index in [1.807, 2.05) is 52.0 Å². The van der Waals surface area contributed by atoms with Crippen LogP contribution >= 0.6 is 0 Å². The molecule has 0 unspecified atom stereocenters. The number of nitrogens with one attached hydrogen (secondary N) is 1. The Hall–Kier alpha value is -2.14. The van der Waals surface area contributed by atoms with Gasteiger partial charge in [0.25, 0.3) is 0 Å². The summed E-state index contributed by atoms with van der Waals surface area (Å²) in [5.41, 5.74) is 3.82. The maximum atomic E-state index is 12.0. The van der Waals surface area contributed by atoms with Crippen molar-refractivity contribution in [2.75, 3.05) is 0 Å². The summed E-state index contributed by atoms with van der Waals surface area (Å²) in [7, 11) is 0. The summed E-state index contributed by atoms with van der Waals surface area (Å²) >= 11 is 0. The van der Waals surface area contributed by atoms with Crippen molar-refractivity contribution < 1.29 is 14.1 Å². The van der Waals surface area contributed by atoms with E-state index >= 15 is 0 Å². The van der Waals surface area contributed by atoms with Gasteiger partial charge in [-0.25, -0.2) is 0 Å². The molecule has 0 aliphatic carbocycles. The normalized spacial score (nSPS) is 11.0. The van der Waals surface area contributed by atoms with E-state index in [2.05, 4.69) is 10.5 Å². The molecule has 124 valence electrons. The van der Waals surface area contributed by atoms with Crippen LogP contribution in [0.4, 0.5) is 0 Å². The third-order valence-corrected chi connectivity index (χ3v) is 3.61. The number of carbonyl (C=O) groups is 1. The zero-order chi connectivity index (χ0) is 16.8. The largest absolute Gasteiger partial charge is 0.374 e. The predicted molar refractivity (Wildman–Crippen MR) is 87.9 cm³/mol. The summed E-state index contributed by atoms with van der Waals surface area (Å²) in [6.45, 7) is 8.81. The molecule has 5 heteroatoms. The second-order valence-corrected chi connectivity index (χ2v) is 5.93. The van der Waals surface area contributed by atoms with Crippen LogP contribution in [0.25, 0.3) is 0 Å². The molecule has 0 radical (unpaired) electrons. The maximum Gasteiger partial charge on any atom is 0.224 e. The molecule has 0 fully saturated rings. The molecule has 0 bridgehead atoms. The minimum absolute atomic E-state index is 0.0355. The van der Waals surface area contributed by atoms with Crippen LogP contribution in [-0.2, 0) is 29.1 Å². The molecule has 0 saturated heterocycles. The second kappa shape index (κ2) is 7.92. The van der Waals surface area contributed by atoms with Crippen molar-refractivity contribution in [1.82, 2.24) is 10.5 Å². The molecule has 1 heterocycles. The van der Waals surface area contributed by atoms with Crippen LogP contribution < -0.4 is 5.32 Å². The van der Waals surface area contributed by atoms with Gasteiger partial charge in [-0.1, -0.05) is 29.4 Å². The van der Waals surface area contributed by atoms with Gasteiger partial charge in [-0.3, -0.25) is 4.79 Å². The van der Waals surface area contributed by atoms with Gasteiger partial charge in [-0.2, -0.15) is 0 Å². The Kier molecular flexibility index (Phi) is 5.93. The van der Waals surface area contributed by atoms with Gasteiger partial charge in [0, 0.05) is 12.1 Å². The first-order valence-corrected chi connectivity index (χ1v) is 7.83. The summed E-state index contributed by atoms with van der Waals surface area (Å²) in [4.78, 5) is 12.0. The molecule has 1 aromatic heterocycles. The number of carbonyl (C=O) groups excluding carboxylic acids is 1. The molecular formula is C18H24N2O3. The minimum Gasteiger partial charge on any atom is -0.374 e. The first kappa shape index (κ1) is 17.2. The van der Waals surface area contributed by atoms with E-state index in [4.69, 9.17) is 9.26 Å². The molecule has 1 aromatic carbocycles. The van der Waals surface area contributed by atoms with Gasteiger partial charge < -0.3 is 14.6 Å². The van der Waals surface area contributed by atoms with Crippen LogP contribution in [-0.4, -0.2) is 17.2 Å². The zero-order valence-corrected chi connectivity index (χ0v) is 14.2. The number of hydrogen-bond donors (Lipinski definition) is 1. The number of hydrogen-bond acceptors (Lipinski definition) is 4. The summed E-state index contributed by atoms with van der Waals surface area (Å²) in [5, 5.41) is 6.78. The minimum atomic E-state index is -0.0355. The smallest absolute Gasteiger partial charge is 0.224 e. The van der Waals surface area contributed by atoms with Gasteiger partial charge in [-0.05, 0) is 38.8 Å². The van der Waals surface area contributed by atoms with Crippen LogP contribution in [0.3, 0.4) is 0 Å². The van der Waals surface area contributed by atoms with Crippen molar-refractivity contribution >= 4 is 5.91 Å². The number of ether oxygens (including phenoxy) is 1. The SMILES string of the molecule is Cc1noc(C)c1CC(=O)NCc1ccc(COC(C)C)cc1. The lowest BCUT2D eigenvalue weighted by molar-refractivity contribution is -0.120. The Morgan fingerprint density at radius 2 is 1.87 bits per heavy atom. The maximum absolute atomic E-state index is 12.0. The third-order valence-electron chi connectivity index (χ3n) is 3.61. The summed E-state index contributed by atoms with van der Waals surface area (Å²) < 4.78 is 10.6. The number of aromatic nitrogens is 1. The predicted octanol–water partition coefficient (Wildman–Crippen LogP) is 3.08. The lowest BCUT2D eigenvalue weighted by atomic mass is 10.1. The van der Waals surface area contributed by atoms with E-state index in [0.29, 0.717) is 25.3 Å². The third kappa shape index (κ3) is 5.21. The number of nitrogens with zero attached hydrogens (tertiary/aromatic N) is 1. The summed E-state index contributed by atoms with van der Waals surface area (Å²) in [5.74, 6) is 0.666. The highest BCUT2D eigenvalue weighted by molar-refractivity contribution is 5.78. The van der Waals surface area contributed by atoms with E-state index in [-0.39, 0.29) is 12.0 Å². The van der Waals surface area contributed by atoms with Gasteiger partial charge in [0.1, 0.15) is 5.76 Å². The van der Waals surface area contributed by atoms with Crippen molar-refractivity contribution in [3.05, 3.63) is 52.4 Å². The standard InChI is InChI=1S/C18H24N2O3/c1-12(2)22-11-16-7-5-15(6-8-16)10-19-18(21)9-17-13(3)20-23-14(17)4/h5-8,12H,9-11H2,1-4H3,(H,19,21). The van der Waals surface area contributed by atoms with Crippen molar-refractivity contribution in [2.45, 2.75) is 53.4 Å². The average Bonchev–Trinajstić information content (AvgIpc) is 2.84. The number of amides is 1. The van der Waals surface area contributed by atoms with Crippen molar-refractivity contribution in [3.8, 4) is 0 Å². The first-order valence-electron chi connectivity index (χ1n) is 7.83. The molecular weight excluding hydrogens is 292 g/mol. The van der Waals surface area contributed by atoms with Gasteiger partial charge in [0.15, 0.2) is 0 Å². The Labute approximate surface area is 137 Å². The number of rotatable bonds is 7. The van der Waals surface area contributed by atoms with Crippen LogP contribution in [0.2, 0.25) is 0 Å². The molecule has 0 aliphatic heterocycles. The van der Waals surface area contributed by atoms with E-state index in [9.17, 15) is 4.79 Å². The topological polar surface area (TPSA) is 64.4 Å². The average molecular weight is 316 g/mol. The fourth-order valence-electron chi connectivity index (χ4n) is 2.19. The van der Waals surface area contributed by atoms with Crippen LogP contribution in [0, 0.1) is 13.8 Å². The lowest BCUT2D eigenvalue weighted by Crippen LogP contribution is -2.24. The molecule has 1 N–H and O–H groups in total. The molecule has 5 nitrogen and oxygen atoms in total. The van der Waals surface area contributed by atoms with Crippen molar-refractivity contribution in [3.63, 3.8) is 0 Å². The summed E-state index contributed by atoms with van der Waals surface area (Å²) in [6.07, 6.45) is 0.514. The molecule has 2 rings (SSSR count). The van der Waals surface area contributed by atoms with E-state index in [1.54, 1.807) is 0 Å². The van der Waals surface area contributed by atoms with Crippen LogP contribution in [0.15, 0.2) is 28.8 Å². The Morgan fingerprint density at radius 1 is 1.22 bits per heavy atom. The Morgan fingerprint density at radius 3 is 2.43 bits per heavy atom. The van der Waals surface area contributed by atoms with Crippen molar-refractivity contribution in [2.24, 2.45) is 0 Å². The molecule has 23 heavy (non-hydrogen) atoms. The van der Waals surface area contributed by atoms with Gasteiger partial charge in [0.2, 0.25) is 5.91 Å². The Bertz CT molecular complexity index is 625. The zero-order valence-electron chi connectivity index (χ0n) is 14.2. The second-order valence-electron chi connectivity index (χ2n) is 5.93. The highest BCUT2D eigenvalue weighted by Crippen LogP contribution is 2.13. The van der Waals surface area contributed by atoms with Gasteiger partial charge in [-0.15, -0.1) is 0 Å². The molecule has 0 spiro atoms. The number of aryl methyl sites for hydroxylation is 2. The molecule has 0 atom stereocenters. The van der Waals surface area contributed by atoms with Crippen molar-refractivity contribution in [1.29, 1.82) is 0 Å². The lowest BCUT2D eigenvalue weighted by Gasteiger charge is -2.09. The monoisotopic (exact) mass is 316 g/mol. The van der Waals surface area contributed by atoms with E-state index in [0.717, 1.165) is 22.4 Å². The fourth-order valence-corrected chi connectivity index (χ4v) is 2.19. The number of benzene rings is 1. The fraction of sp³-hybridized carbons (Fsp3) is 0.444. The highest BCUT2D eigenvalue weighted by atomic mass is 16.5. The Balaban J connectivity index is 1.82. The highest BCUT2D eigenvalue weighted by Gasteiger charge is 2.13. The molecule has 1 amide bonds.